The molecule has 2 aliphatic heterocycles. The molecule has 0 radical (unpaired) electrons. The summed E-state index contributed by atoms with van der Waals surface area (Å²) in [6.45, 7) is 2.33. The number of benzene rings is 2. The van der Waals surface area contributed by atoms with Crippen LogP contribution < -0.4 is 14.8 Å². The lowest BCUT2D eigenvalue weighted by Gasteiger charge is -2.34. The number of ketones is 1. The van der Waals surface area contributed by atoms with E-state index < -0.39 is 0 Å². The van der Waals surface area contributed by atoms with Crippen LogP contribution in [0.3, 0.4) is 0 Å². The minimum atomic E-state index is -0.0471. The molecule has 2 aromatic carbocycles. The number of carbonyl (C=O) groups excluding carboxylic acids is 1. The summed E-state index contributed by atoms with van der Waals surface area (Å²) in [7, 11) is 0. The molecule has 1 N–H and O–H groups in total. The van der Waals surface area contributed by atoms with Gasteiger partial charge in [-0.3, -0.25) is 4.79 Å². The van der Waals surface area contributed by atoms with Crippen molar-refractivity contribution in [2.24, 2.45) is 0 Å². The molecule has 0 saturated heterocycles. The van der Waals surface area contributed by atoms with E-state index >= 15 is 0 Å². The highest BCUT2D eigenvalue weighted by Crippen LogP contribution is 2.49. The number of rotatable bonds is 1. The maximum Gasteiger partial charge on any atom is 0.231 e. The molecule has 0 aromatic heterocycles. The minimum absolute atomic E-state index is 0.0471. The van der Waals surface area contributed by atoms with Gasteiger partial charge in [-0.2, -0.15) is 0 Å². The Bertz CT molecular complexity index is 911. The second-order valence-electron chi connectivity index (χ2n) is 6.93. The molecule has 2 heterocycles. The molecular weight excluding hydrogens is 314 g/mol. The van der Waals surface area contributed by atoms with Crippen LogP contribution >= 0.6 is 0 Å². The van der Waals surface area contributed by atoms with Crippen LogP contribution in [0.2, 0.25) is 0 Å². The molecule has 1 unspecified atom stereocenters. The molecule has 0 spiro atoms. The van der Waals surface area contributed by atoms with E-state index in [0.717, 1.165) is 52.4 Å². The van der Waals surface area contributed by atoms with Crippen molar-refractivity contribution in [3.63, 3.8) is 0 Å². The normalized spacial score (nSPS) is 20.8. The van der Waals surface area contributed by atoms with E-state index in [0.29, 0.717) is 6.42 Å². The molecular formula is C21H19NO3. The van der Waals surface area contributed by atoms with Crippen LogP contribution in [0.25, 0.3) is 0 Å². The number of aryl methyl sites for hydroxylation is 1. The van der Waals surface area contributed by atoms with Gasteiger partial charge in [-0.15, -0.1) is 0 Å². The minimum Gasteiger partial charge on any atom is -0.454 e. The van der Waals surface area contributed by atoms with Gasteiger partial charge in [0.2, 0.25) is 6.79 Å². The van der Waals surface area contributed by atoms with Crippen molar-refractivity contribution in [3.8, 4) is 11.5 Å². The lowest BCUT2D eigenvalue weighted by Crippen LogP contribution is -2.26. The van der Waals surface area contributed by atoms with E-state index in [1.54, 1.807) is 0 Å². The second-order valence-corrected chi connectivity index (χ2v) is 6.93. The molecule has 2 aromatic rings. The van der Waals surface area contributed by atoms with Crippen molar-refractivity contribution in [3.05, 3.63) is 64.4 Å². The van der Waals surface area contributed by atoms with Crippen molar-refractivity contribution in [2.45, 2.75) is 32.1 Å². The van der Waals surface area contributed by atoms with Gasteiger partial charge in [-0.25, -0.2) is 0 Å². The van der Waals surface area contributed by atoms with Gasteiger partial charge < -0.3 is 14.8 Å². The van der Waals surface area contributed by atoms with E-state index in [-0.39, 0.29) is 18.5 Å². The van der Waals surface area contributed by atoms with Gasteiger partial charge in [0.1, 0.15) is 0 Å². The summed E-state index contributed by atoms with van der Waals surface area (Å²) in [6.07, 6.45) is 2.45. The van der Waals surface area contributed by atoms with E-state index in [1.165, 1.54) is 5.56 Å². The van der Waals surface area contributed by atoms with Crippen LogP contribution in [0, 0.1) is 6.92 Å². The van der Waals surface area contributed by atoms with Gasteiger partial charge in [0, 0.05) is 35.4 Å². The summed E-state index contributed by atoms with van der Waals surface area (Å²) < 4.78 is 11.1. The Hall–Kier alpha value is -2.75. The monoisotopic (exact) mass is 333 g/mol. The molecule has 0 amide bonds. The van der Waals surface area contributed by atoms with Crippen LogP contribution in [0.15, 0.2) is 47.7 Å². The Morgan fingerprint density at radius 1 is 1.04 bits per heavy atom. The first-order chi connectivity index (χ1) is 12.2. The fourth-order valence-electron chi connectivity index (χ4n) is 4.06. The lowest BCUT2D eigenvalue weighted by atomic mass is 9.75. The standard InChI is InChI=1S/C21H19NO3/c1-12-5-7-13(8-6-12)20-14-9-18-19(25-11-24-18)10-16(14)22-15-3-2-4-17(23)21(15)20/h5-10,20,22H,2-4,11H2,1H3. The largest absolute Gasteiger partial charge is 0.454 e. The maximum atomic E-state index is 12.8. The Balaban J connectivity index is 1.73. The summed E-state index contributed by atoms with van der Waals surface area (Å²) in [6, 6.07) is 12.5. The van der Waals surface area contributed by atoms with E-state index in [4.69, 9.17) is 9.47 Å². The number of allylic oxidation sites excluding steroid dienone is 2. The van der Waals surface area contributed by atoms with Gasteiger partial charge in [-0.1, -0.05) is 29.8 Å². The van der Waals surface area contributed by atoms with Crippen LogP contribution in [0.1, 0.15) is 41.9 Å². The smallest absolute Gasteiger partial charge is 0.231 e. The topological polar surface area (TPSA) is 47.6 Å². The van der Waals surface area contributed by atoms with E-state index in [1.807, 2.05) is 12.1 Å². The zero-order valence-electron chi connectivity index (χ0n) is 14.1. The molecule has 126 valence electrons. The molecule has 25 heavy (non-hydrogen) atoms. The fourth-order valence-corrected chi connectivity index (χ4v) is 4.06. The highest BCUT2D eigenvalue weighted by molar-refractivity contribution is 6.01. The Labute approximate surface area is 146 Å². The number of carbonyl (C=O) groups is 1. The lowest BCUT2D eigenvalue weighted by molar-refractivity contribution is -0.116. The third-order valence-corrected chi connectivity index (χ3v) is 5.30. The predicted molar refractivity (Wildman–Crippen MR) is 95.1 cm³/mol. The summed E-state index contributed by atoms with van der Waals surface area (Å²) in [5, 5.41) is 3.49. The van der Waals surface area contributed by atoms with Crippen molar-refractivity contribution >= 4 is 11.5 Å². The number of ether oxygens (including phenoxy) is 2. The first kappa shape index (κ1) is 14.6. The number of anilines is 1. The van der Waals surface area contributed by atoms with Gasteiger partial charge in [0.05, 0.1) is 0 Å². The molecule has 1 aliphatic carbocycles. The Morgan fingerprint density at radius 2 is 1.80 bits per heavy atom. The molecule has 4 heteroatoms. The number of hydrogen-bond donors (Lipinski definition) is 1. The summed E-state index contributed by atoms with van der Waals surface area (Å²) in [5.41, 5.74) is 6.45. The Kier molecular flexibility index (Phi) is 3.14. The third-order valence-electron chi connectivity index (χ3n) is 5.30. The zero-order valence-corrected chi connectivity index (χ0v) is 14.1. The first-order valence-electron chi connectivity index (χ1n) is 8.74. The van der Waals surface area contributed by atoms with Crippen molar-refractivity contribution in [2.75, 3.05) is 12.1 Å². The molecule has 4 nitrogen and oxygen atoms in total. The number of nitrogens with one attached hydrogen (secondary N) is 1. The average Bonchev–Trinajstić information content (AvgIpc) is 3.06. The third kappa shape index (κ3) is 2.24. The van der Waals surface area contributed by atoms with Crippen molar-refractivity contribution in [1.82, 2.24) is 0 Å². The average molecular weight is 333 g/mol. The number of Topliss-reactive ketones (excluding diaryl/α,β-unsaturated/α-hetero) is 1. The van der Waals surface area contributed by atoms with E-state index in [9.17, 15) is 4.79 Å². The molecule has 0 fully saturated rings. The van der Waals surface area contributed by atoms with Gasteiger partial charge in [0.15, 0.2) is 17.3 Å². The SMILES string of the molecule is Cc1ccc(C2C3=C(CCCC3=O)Nc3cc4c(cc32)OCO4)cc1. The second kappa shape index (κ2) is 5.38. The maximum absolute atomic E-state index is 12.8. The van der Waals surface area contributed by atoms with Gasteiger partial charge in [0.25, 0.3) is 0 Å². The van der Waals surface area contributed by atoms with Gasteiger partial charge in [-0.05, 0) is 37.0 Å². The number of fused-ring (bicyclic) bond motifs is 2. The zero-order chi connectivity index (χ0) is 17.0. The summed E-state index contributed by atoms with van der Waals surface area (Å²) in [5.74, 6) is 1.72. The number of hydrogen-bond acceptors (Lipinski definition) is 4. The van der Waals surface area contributed by atoms with Gasteiger partial charge >= 0.3 is 0 Å². The first-order valence-corrected chi connectivity index (χ1v) is 8.74. The summed E-state index contributed by atoms with van der Waals surface area (Å²) >= 11 is 0. The van der Waals surface area contributed by atoms with Crippen LogP contribution in [-0.2, 0) is 4.79 Å². The van der Waals surface area contributed by atoms with Crippen LogP contribution in [0.5, 0.6) is 11.5 Å². The predicted octanol–water partition coefficient (Wildman–Crippen LogP) is 4.29. The highest BCUT2D eigenvalue weighted by Gasteiger charge is 2.36. The highest BCUT2D eigenvalue weighted by atomic mass is 16.7. The summed E-state index contributed by atoms with van der Waals surface area (Å²) in [4.78, 5) is 12.8. The molecule has 0 saturated carbocycles. The molecule has 3 aliphatic rings. The Morgan fingerprint density at radius 3 is 2.60 bits per heavy atom. The van der Waals surface area contributed by atoms with Crippen molar-refractivity contribution < 1.29 is 14.3 Å². The quantitative estimate of drug-likeness (QED) is 0.846. The van der Waals surface area contributed by atoms with Crippen LogP contribution in [0.4, 0.5) is 5.69 Å². The fraction of sp³-hybridized carbons (Fsp3) is 0.286. The molecule has 5 rings (SSSR count). The van der Waals surface area contributed by atoms with Crippen molar-refractivity contribution in [1.29, 1.82) is 0 Å². The molecule has 1 atom stereocenters. The van der Waals surface area contributed by atoms with E-state index in [2.05, 4.69) is 36.5 Å². The van der Waals surface area contributed by atoms with Crippen LogP contribution in [-0.4, -0.2) is 12.6 Å². The molecule has 0 bridgehead atoms.